The molecule has 138 valence electrons. The minimum Gasteiger partial charge on any atom is -0.354 e. The van der Waals surface area contributed by atoms with Gasteiger partial charge in [-0.15, -0.1) is 0 Å². The van der Waals surface area contributed by atoms with Crippen molar-refractivity contribution in [2.24, 2.45) is 0 Å². The highest BCUT2D eigenvalue weighted by molar-refractivity contribution is 9.10. The van der Waals surface area contributed by atoms with Crippen LogP contribution in [0.1, 0.15) is 35.6 Å². The molecule has 0 saturated carbocycles. The predicted molar refractivity (Wildman–Crippen MR) is 94.0 cm³/mol. The van der Waals surface area contributed by atoms with Crippen LogP contribution >= 0.6 is 27.5 Å². The van der Waals surface area contributed by atoms with Crippen LogP contribution in [0.2, 0.25) is 5.02 Å². The molecule has 0 aliphatic carbocycles. The number of carbonyl (C=O) groups is 1. The molecule has 0 atom stereocenters. The van der Waals surface area contributed by atoms with E-state index in [2.05, 4.69) is 31.4 Å². The lowest BCUT2D eigenvalue weighted by Gasteiger charge is -2.08. The van der Waals surface area contributed by atoms with Gasteiger partial charge in [-0.3, -0.25) is 14.2 Å². The molecular weight excluding hydrogens is 420 g/mol. The Hall–Kier alpha value is -1.48. The van der Waals surface area contributed by atoms with Gasteiger partial charge >= 0.3 is 0 Å². The van der Waals surface area contributed by atoms with Crippen LogP contribution in [0.5, 0.6) is 0 Å². The van der Waals surface area contributed by atoms with E-state index in [9.17, 15) is 13.6 Å². The molecule has 6 nitrogen and oxygen atoms in total. The molecule has 2 rings (SSSR count). The number of alkyl halides is 2. The summed E-state index contributed by atoms with van der Waals surface area (Å²) in [5.74, 6) is -0.308. The van der Waals surface area contributed by atoms with E-state index >= 15 is 0 Å². The Bertz CT molecular complexity index is 775. The third-order valence-electron chi connectivity index (χ3n) is 3.82. The maximum Gasteiger partial charge on any atom is 0.283 e. The molecule has 2 aromatic heterocycles. The summed E-state index contributed by atoms with van der Waals surface area (Å²) in [5.41, 5.74) is 1.80. The summed E-state index contributed by atoms with van der Waals surface area (Å²) in [6.07, 6.45) is -2.07. The Morgan fingerprint density at radius 3 is 2.44 bits per heavy atom. The van der Waals surface area contributed by atoms with Crippen molar-refractivity contribution in [3.05, 3.63) is 32.3 Å². The van der Waals surface area contributed by atoms with Gasteiger partial charge in [-0.2, -0.15) is 10.2 Å². The lowest BCUT2D eigenvalue weighted by atomic mass is 10.3. The largest absolute Gasteiger partial charge is 0.354 e. The van der Waals surface area contributed by atoms with Gasteiger partial charge in [0.05, 0.1) is 20.9 Å². The van der Waals surface area contributed by atoms with Crippen LogP contribution in [0.4, 0.5) is 8.78 Å². The third-order valence-corrected chi connectivity index (χ3v) is 5.44. The van der Waals surface area contributed by atoms with Crippen LogP contribution in [-0.4, -0.2) is 32.0 Å². The fourth-order valence-electron chi connectivity index (χ4n) is 2.38. The molecule has 0 bridgehead atoms. The van der Waals surface area contributed by atoms with E-state index in [1.807, 2.05) is 18.5 Å². The molecular formula is C15H19BrClF2N5O. The summed E-state index contributed by atoms with van der Waals surface area (Å²) in [4.78, 5) is 12.0. The number of nitrogens with zero attached hydrogens (tertiary/aromatic N) is 4. The molecule has 0 saturated heterocycles. The van der Waals surface area contributed by atoms with Crippen molar-refractivity contribution in [3.8, 4) is 0 Å². The molecule has 2 heterocycles. The van der Waals surface area contributed by atoms with E-state index in [1.54, 1.807) is 6.92 Å². The molecule has 0 unspecified atom stereocenters. The topological polar surface area (TPSA) is 64.7 Å². The van der Waals surface area contributed by atoms with Crippen LogP contribution in [0.3, 0.4) is 0 Å². The summed E-state index contributed by atoms with van der Waals surface area (Å²) in [6.45, 7) is 6.40. The Morgan fingerprint density at radius 2 is 1.92 bits per heavy atom. The molecule has 0 aromatic carbocycles. The summed E-state index contributed by atoms with van der Waals surface area (Å²) >= 11 is 9.27. The first-order chi connectivity index (χ1) is 11.7. The molecule has 2 aromatic rings. The standard InChI is InChI=1S/C15H19BrClF2N5O/c1-8-12(16)9(2)23(21-8)6-4-5-20-11(25)7-24-10(3)13(17)14(22-24)15(18)19/h15H,4-7H2,1-3H3,(H,20,25). The number of aromatic nitrogens is 4. The third kappa shape index (κ3) is 4.58. The van der Waals surface area contributed by atoms with Crippen molar-refractivity contribution in [2.75, 3.05) is 6.54 Å². The molecule has 1 amide bonds. The normalized spacial score (nSPS) is 11.4. The highest BCUT2D eigenvalue weighted by Gasteiger charge is 2.21. The average molecular weight is 439 g/mol. The summed E-state index contributed by atoms with van der Waals surface area (Å²) in [5, 5.41) is 10.7. The van der Waals surface area contributed by atoms with Gasteiger partial charge in [-0.1, -0.05) is 11.6 Å². The van der Waals surface area contributed by atoms with Gasteiger partial charge in [0.1, 0.15) is 12.2 Å². The first-order valence-corrected chi connectivity index (χ1v) is 8.86. The van der Waals surface area contributed by atoms with Gasteiger partial charge in [-0.05, 0) is 43.1 Å². The second-order valence-electron chi connectivity index (χ2n) is 5.65. The molecule has 0 radical (unpaired) electrons. The number of hydrogen-bond donors (Lipinski definition) is 1. The Balaban J connectivity index is 1.83. The molecule has 1 N–H and O–H groups in total. The van der Waals surface area contributed by atoms with Gasteiger partial charge < -0.3 is 5.32 Å². The van der Waals surface area contributed by atoms with Gasteiger partial charge in [0.2, 0.25) is 5.91 Å². The zero-order valence-electron chi connectivity index (χ0n) is 14.1. The average Bonchev–Trinajstić information content (AvgIpc) is 2.97. The summed E-state index contributed by atoms with van der Waals surface area (Å²) in [6, 6.07) is 0. The zero-order chi connectivity index (χ0) is 18.7. The van der Waals surface area contributed by atoms with Crippen molar-refractivity contribution in [1.82, 2.24) is 24.9 Å². The maximum atomic E-state index is 12.8. The van der Waals surface area contributed by atoms with Gasteiger partial charge in [0.25, 0.3) is 6.43 Å². The highest BCUT2D eigenvalue weighted by atomic mass is 79.9. The summed E-state index contributed by atoms with van der Waals surface area (Å²) < 4.78 is 29.6. The number of nitrogens with one attached hydrogen (secondary N) is 1. The number of hydrogen-bond acceptors (Lipinski definition) is 3. The first kappa shape index (κ1) is 19.8. The summed E-state index contributed by atoms with van der Waals surface area (Å²) in [7, 11) is 0. The van der Waals surface area contributed by atoms with Crippen molar-refractivity contribution < 1.29 is 13.6 Å². The number of halogens is 4. The maximum absolute atomic E-state index is 12.8. The molecule has 0 aliphatic rings. The van der Waals surface area contributed by atoms with E-state index in [1.165, 1.54) is 4.68 Å². The van der Waals surface area contributed by atoms with E-state index in [4.69, 9.17) is 11.6 Å². The van der Waals surface area contributed by atoms with Crippen LogP contribution in [0, 0.1) is 20.8 Å². The van der Waals surface area contributed by atoms with Crippen LogP contribution < -0.4 is 5.32 Å². The zero-order valence-corrected chi connectivity index (χ0v) is 16.5. The van der Waals surface area contributed by atoms with E-state index in [0.29, 0.717) is 25.2 Å². The fraction of sp³-hybridized carbons (Fsp3) is 0.533. The molecule has 25 heavy (non-hydrogen) atoms. The van der Waals surface area contributed by atoms with Crippen molar-refractivity contribution in [3.63, 3.8) is 0 Å². The molecule has 0 fully saturated rings. The number of amides is 1. The minimum atomic E-state index is -2.77. The number of aryl methyl sites for hydroxylation is 2. The van der Waals surface area contributed by atoms with Gasteiger partial charge in [0, 0.05) is 18.8 Å². The number of rotatable bonds is 7. The van der Waals surface area contributed by atoms with Crippen molar-refractivity contribution in [2.45, 2.75) is 46.7 Å². The van der Waals surface area contributed by atoms with Crippen LogP contribution in [-0.2, 0) is 17.9 Å². The predicted octanol–water partition coefficient (Wildman–Crippen LogP) is 3.56. The second kappa shape index (κ2) is 8.27. The SMILES string of the molecule is Cc1nn(CCCNC(=O)Cn2nc(C(F)F)c(Cl)c2C)c(C)c1Br. The van der Waals surface area contributed by atoms with Crippen molar-refractivity contribution >= 4 is 33.4 Å². The first-order valence-electron chi connectivity index (χ1n) is 7.69. The Kier molecular flexibility index (Phi) is 6.56. The van der Waals surface area contributed by atoms with Crippen LogP contribution in [0.25, 0.3) is 0 Å². The quantitative estimate of drug-likeness (QED) is 0.672. The van der Waals surface area contributed by atoms with Crippen molar-refractivity contribution in [1.29, 1.82) is 0 Å². The highest BCUT2D eigenvalue weighted by Crippen LogP contribution is 2.28. The second-order valence-corrected chi connectivity index (χ2v) is 6.83. The smallest absolute Gasteiger partial charge is 0.283 e. The van der Waals surface area contributed by atoms with Gasteiger partial charge in [0.15, 0.2) is 0 Å². The van der Waals surface area contributed by atoms with E-state index < -0.39 is 12.1 Å². The van der Waals surface area contributed by atoms with E-state index in [-0.39, 0.29) is 17.5 Å². The lowest BCUT2D eigenvalue weighted by molar-refractivity contribution is -0.121. The molecule has 0 aliphatic heterocycles. The van der Waals surface area contributed by atoms with Gasteiger partial charge in [-0.25, -0.2) is 8.78 Å². The fourth-order valence-corrected chi connectivity index (χ4v) is 2.88. The lowest BCUT2D eigenvalue weighted by Crippen LogP contribution is -2.29. The molecule has 10 heteroatoms. The Morgan fingerprint density at radius 1 is 1.24 bits per heavy atom. The Labute approximate surface area is 157 Å². The molecule has 0 spiro atoms. The van der Waals surface area contributed by atoms with E-state index in [0.717, 1.165) is 15.9 Å². The minimum absolute atomic E-state index is 0.0992. The monoisotopic (exact) mass is 437 g/mol. The van der Waals surface area contributed by atoms with Crippen LogP contribution in [0.15, 0.2) is 4.47 Å². The number of carbonyl (C=O) groups excluding carboxylic acids is 1.